The molecule has 0 atom stereocenters. The summed E-state index contributed by atoms with van der Waals surface area (Å²) in [6, 6.07) is 5.82. The molecular formula is C13H18ClNO2. The summed E-state index contributed by atoms with van der Waals surface area (Å²) in [6.45, 7) is 5.99. The fraction of sp³-hybridized carbons (Fsp3) is 0.462. The van der Waals surface area contributed by atoms with Gasteiger partial charge in [0, 0.05) is 18.5 Å². The van der Waals surface area contributed by atoms with E-state index in [-0.39, 0.29) is 23.8 Å². The summed E-state index contributed by atoms with van der Waals surface area (Å²) in [6.07, 6.45) is 0. The van der Waals surface area contributed by atoms with Crippen molar-refractivity contribution in [2.24, 2.45) is 0 Å². The van der Waals surface area contributed by atoms with Gasteiger partial charge in [0.25, 0.3) is 0 Å². The van der Waals surface area contributed by atoms with Crippen molar-refractivity contribution in [2.45, 2.75) is 25.8 Å². The van der Waals surface area contributed by atoms with Gasteiger partial charge in [0.2, 0.25) is 0 Å². The van der Waals surface area contributed by atoms with Crippen LogP contribution in [0.1, 0.15) is 35.3 Å². The highest BCUT2D eigenvalue weighted by Crippen LogP contribution is 2.32. The van der Waals surface area contributed by atoms with Gasteiger partial charge in [-0.3, -0.25) is 0 Å². The molecule has 0 saturated heterocycles. The van der Waals surface area contributed by atoms with Crippen molar-refractivity contribution in [1.82, 2.24) is 5.32 Å². The van der Waals surface area contributed by atoms with Gasteiger partial charge in [-0.05, 0) is 17.2 Å². The van der Waals surface area contributed by atoms with Crippen LogP contribution >= 0.6 is 12.4 Å². The summed E-state index contributed by atoms with van der Waals surface area (Å²) in [7, 11) is 1.43. The molecule has 1 aromatic rings. The van der Waals surface area contributed by atoms with E-state index >= 15 is 0 Å². The number of fused-ring (bicyclic) bond motifs is 1. The Labute approximate surface area is 108 Å². The summed E-state index contributed by atoms with van der Waals surface area (Å²) in [5.74, 6) is -0.244. The quantitative estimate of drug-likeness (QED) is 0.783. The Morgan fingerprint density at radius 3 is 2.76 bits per heavy atom. The maximum atomic E-state index is 11.7. The Hall–Kier alpha value is -1.06. The molecule has 1 aromatic carbocycles. The fourth-order valence-corrected chi connectivity index (χ4v) is 2.42. The van der Waals surface area contributed by atoms with Crippen molar-refractivity contribution >= 4 is 18.4 Å². The zero-order valence-corrected chi connectivity index (χ0v) is 11.2. The zero-order chi connectivity index (χ0) is 11.8. The van der Waals surface area contributed by atoms with Gasteiger partial charge in [-0.2, -0.15) is 0 Å². The normalized spacial score (nSPS) is 16.6. The number of ether oxygens (including phenoxy) is 1. The Morgan fingerprint density at radius 1 is 1.41 bits per heavy atom. The van der Waals surface area contributed by atoms with E-state index in [0.717, 1.165) is 18.7 Å². The first-order chi connectivity index (χ1) is 7.56. The van der Waals surface area contributed by atoms with Crippen LogP contribution in [0, 0.1) is 0 Å². The number of rotatable bonds is 1. The summed E-state index contributed by atoms with van der Waals surface area (Å²) < 4.78 is 4.84. The lowest BCUT2D eigenvalue weighted by Gasteiger charge is -2.34. The summed E-state index contributed by atoms with van der Waals surface area (Å²) in [5, 5.41) is 3.36. The maximum absolute atomic E-state index is 11.7. The number of halogens is 1. The van der Waals surface area contributed by atoms with Gasteiger partial charge in [-0.25, -0.2) is 4.79 Å². The van der Waals surface area contributed by atoms with Crippen LogP contribution < -0.4 is 5.32 Å². The molecule has 3 nitrogen and oxygen atoms in total. The van der Waals surface area contributed by atoms with E-state index in [1.807, 2.05) is 12.1 Å². The number of hydrogen-bond donors (Lipinski definition) is 1. The standard InChI is InChI=1S/C13H17NO2.ClH/c1-13(2)8-14-7-9-5-4-6-10(11(9)13)12(15)16-3;/h4-6,14H,7-8H2,1-3H3;1H. The second kappa shape index (κ2) is 5.07. The molecule has 0 unspecified atom stereocenters. The minimum Gasteiger partial charge on any atom is -0.465 e. The lowest BCUT2D eigenvalue weighted by Crippen LogP contribution is -2.40. The number of carbonyl (C=O) groups is 1. The lowest BCUT2D eigenvalue weighted by molar-refractivity contribution is 0.0597. The van der Waals surface area contributed by atoms with E-state index in [2.05, 4.69) is 25.2 Å². The smallest absolute Gasteiger partial charge is 0.338 e. The van der Waals surface area contributed by atoms with E-state index in [9.17, 15) is 4.79 Å². The van der Waals surface area contributed by atoms with Crippen molar-refractivity contribution < 1.29 is 9.53 Å². The van der Waals surface area contributed by atoms with Crippen molar-refractivity contribution in [2.75, 3.05) is 13.7 Å². The van der Waals surface area contributed by atoms with Gasteiger partial charge >= 0.3 is 5.97 Å². The zero-order valence-electron chi connectivity index (χ0n) is 10.4. The van der Waals surface area contributed by atoms with Gasteiger partial charge in [-0.15, -0.1) is 12.4 Å². The topological polar surface area (TPSA) is 38.3 Å². The number of nitrogens with one attached hydrogen (secondary N) is 1. The fourth-order valence-electron chi connectivity index (χ4n) is 2.42. The molecule has 1 heterocycles. The third kappa shape index (κ3) is 2.45. The molecule has 0 radical (unpaired) electrons. The first-order valence-electron chi connectivity index (χ1n) is 5.47. The minimum absolute atomic E-state index is 0. The molecule has 4 heteroatoms. The molecule has 0 bridgehead atoms. The van der Waals surface area contributed by atoms with Gasteiger partial charge in [0.1, 0.15) is 0 Å². The van der Waals surface area contributed by atoms with E-state index in [0.29, 0.717) is 5.56 Å². The molecule has 94 valence electrons. The second-order valence-corrected chi connectivity index (χ2v) is 4.82. The molecule has 2 rings (SSSR count). The van der Waals surface area contributed by atoms with Crippen molar-refractivity contribution in [3.63, 3.8) is 0 Å². The minimum atomic E-state index is -0.244. The number of benzene rings is 1. The van der Waals surface area contributed by atoms with Crippen LogP contribution in [0.25, 0.3) is 0 Å². The number of carbonyl (C=O) groups excluding carboxylic acids is 1. The molecule has 0 aliphatic carbocycles. The summed E-state index contributed by atoms with van der Waals surface area (Å²) in [5.41, 5.74) is 2.99. The highest BCUT2D eigenvalue weighted by atomic mass is 35.5. The van der Waals surface area contributed by atoms with Crippen LogP contribution in [0.4, 0.5) is 0 Å². The summed E-state index contributed by atoms with van der Waals surface area (Å²) in [4.78, 5) is 11.7. The van der Waals surface area contributed by atoms with E-state index in [4.69, 9.17) is 4.74 Å². The van der Waals surface area contributed by atoms with Crippen LogP contribution in [0.3, 0.4) is 0 Å². The van der Waals surface area contributed by atoms with Crippen molar-refractivity contribution in [3.05, 3.63) is 34.9 Å². The molecule has 1 aliphatic rings. The van der Waals surface area contributed by atoms with Crippen LogP contribution in [0.2, 0.25) is 0 Å². The van der Waals surface area contributed by atoms with Crippen LogP contribution in [-0.2, 0) is 16.7 Å². The van der Waals surface area contributed by atoms with Gasteiger partial charge < -0.3 is 10.1 Å². The molecule has 0 saturated carbocycles. The summed E-state index contributed by atoms with van der Waals surface area (Å²) >= 11 is 0. The molecular weight excluding hydrogens is 238 g/mol. The van der Waals surface area contributed by atoms with E-state index in [1.165, 1.54) is 12.7 Å². The average Bonchev–Trinajstić information content (AvgIpc) is 2.27. The Balaban J connectivity index is 0.00000144. The highest BCUT2D eigenvalue weighted by Gasteiger charge is 2.31. The molecule has 0 fully saturated rings. The van der Waals surface area contributed by atoms with Crippen molar-refractivity contribution in [1.29, 1.82) is 0 Å². The van der Waals surface area contributed by atoms with Crippen LogP contribution in [0.15, 0.2) is 18.2 Å². The SMILES string of the molecule is COC(=O)c1cccc2c1C(C)(C)CNC2.Cl. The Kier molecular flexibility index (Phi) is 4.17. The van der Waals surface area contributed by atoms with Gasteiger partial charge in [0.05, 0.1) is 12.7 Å². The first-order valence-corrected chi connectivity index (χ1v) is 5.47. The third-order valence-electron chi connectivity index (χ3n) is 3.12. The molecule has 17 heavy (non-hydrogen) atoms. The van der Waals surface area contributed by atoms with E-state index < -0.39 is 0 Å². The monoisotopic (exact) mass is 255 g/mol. The average molecular weight is 256 g/mol. The molecule has 0 amide bonds. The van der Waals surface area contributed by atoms with Gasteiger partial charge in [-0.1, -0.05) is 26.0 Å². The molecule has 0 spiro atoms. The van der Waals surface area contributed by atoms with Gasteiger partial charge in [0.15, 0.2) is 0 Å². The third-order valence-corrected chi connectivity index (χ3v) is 3.12. The Morgan fingerprint density at radius 2 is 2.12 bits per heavy atom. The molecule has 1 aliphatic heterocycles. The molecule has 1 N–H and O–H groups in total. The number of hydrogen-bond acceptors (Lipinski definition) is 3. The lowest BCUT2D eigenvalue weighted by atomic mass is 9.76. The largest absolute Gasteiger partial charge is 0.465 e. The highest BCUT2D eigenvalue weighted by molar-refractivity contribution is 5.92. The molecule has 0 aromatic heterocycles. The predicted octanol–water partition coefficient (Wildman–Crippen LogP) is 2.28. The number of methoxy groups -OCH3 is 1. The maximum Gasteiger partial charge on any atom is 0.338 e. The van der Waals surface area contributed by atoms with Crippen molar-refractivity contribution in [3.8, 4) is 0 Å². The van der Waals surface area contributed by atoms with Crippen LogP contribution in [0.5, 0.6) is 0 Å². The second-order valence-electron chi connectivity index (χ2n) is 4.82. The number of esters is 1. The van der Waals surface area contributed by atoms with Crippen LogP contribution in [-0.4, -0.2) is 19.6 Å². The van der Waals surface area contributed by atoms with E-state index in [1.54, 1.807) is 0 Å². The predicted molar refractivity (Wildman–Crippen MR) is 69.8 cm³/mol. The first kappa shape index (κ1) is 14.0. The Bertz CT molecular complexity index is 429.